The number of nitrogens with one attached hydrogen (secondary N) is 1. The molecule has 4 N–H and O–H groups in total. The van der Waals surface area contributed by atoms with Crippen molar-refractivity contribution in [1.82, 2.24) is 24.5 Å². The molecule has 3 aromatic heterocycles. The van der Waals surface area contributed by atoms with Gasteiger partial charge in [-0.1, -0.05) is 0 Å². The molecule has 3 fully saturated rings. The van der Waals surface area contributed by atoms with Crippen LogP contribution in [0.15, 0.2) is 24.7 Å². The van der Waals surface area contributed by atoms with Crippen molar-refractivity contribution in [2.24, 2.45) is 11.7 Å². The van der Waals surface area contributed by atoms with Gasteiger partial charge in [-0.2, -0.15) is 0 Å². The summed E-state index contributed by atoms with van der Waals surface area (Å²) in [5.74, 6) is 1.27. The van der Waals surface area contributed by atoms with Crippen LogP contribution in [0.2, 0.25) is 0 Å². The second-order valence-corrected chi connectivity index (χ2v) is 12.2. The number of hydrogen-bond donors (Lipinski definition) is 3. The van der Waals surface area contributed by atoms with Gasteiger partial charge in [0, 0.05) is 24.7 Å². The minimum atomic E-state index is -0.943. The summed E-state index contributed by atoms with van der Waals surface area (Å²) in [6.45, 7) is 4.38. The summed E-state index contributed by atoms with van der Waals surface area (Å²) in [4.78, 5) is 29.7. The third-order valence-electron chi connectivity index (χ3n) is 7.89. The highest BCUT2D eigenvalue weighted by molar-refractivity contribution is 5.99. The van der Waals surface area contributed by atoms with Gasteiger partial charge in [0.2, 0.25) is 5.88 Å². The fourth-order valence-corrected chi connectivity index (χ4v) is 5.43. The molecule has 3 saturated carbocycles. The summed E-state index contributed by atoms with van der Waals surface area (Å²) in [7, 11) is 0. The van der Waals surface area contributed by atoms with E-state index in [1.165, 1.54) is 12.8 Å². The number of hydrogen-bond acceptors (Lipinski definition) is 7. The number of nitrogens with zero attached hydrogens (tertiary/aromatic N) is 4. The van der Waals surface area contributed by atoms with Crippen LogP contribution in [0.5, 0.6) is 11.6 Å². The molecule has 11 heteroatoms. The van der Waals surface area contributed by atoms with E-state index >= 15 is 0 Å². The van der Waals surface area contributed by atoms with E-state index in [9.17, 15) is 14.7 Å². The number of nitrogens with two attached hydrogens (primary N) is 1. The molecule has 3 aliphatic rings. The molecule has 3 aromatic rings. The number of ether oxygens (including phenoxy) is 2. The summed E-state index contributed by atoms with van der Waals surface area (Å²) in [6.07, 6.45) is 10.7. The Hall–Kier alpha value is -3.60. The maximum Gasteiger partial charge on any atom is 0.272 e. The molecule has 0 aromatic carbocycles. The zero-order valence-electron chi connectivity index (χ0n) is 23.1. The van der Waals surface area contributed by atoms with Crippen molar-refractivity contribution in [2.75, 3.05) is 6.61 Å². The average Bonchev–Trinajstić information content (AvgIpc) is 3.82. The molecule has 214 valence electrons. The first kappa shape index (κ1) is 26.6. The van der Waals surface area contributed by atoms with Crippen molar-refractivity contribution in [2.45, 2.75) is 95.4 Å². The monoisotopic (exact) mass is 550 g/mol. The van der Waals surface area contributed by atoms with Crippen LogP contribution in [0.4, 0.5) is 0 Å². The molecule has 40 heavy (non-hydrogen) atoms. The summed E-state index contributed by atoms with van der Waals surface area (Å²) >= 11 is 0. The highest BCUT2D eigenvalue weighted by Crippen LogP contribution is 2.45. The maximum absolute atomic E-state index is 13.3. The molecule has 2 amide bonds. The fourth-order valence-electron chi connectivity index (χ4n) is 5.43. The zero-order valence-corrected chi connectivity index (χ0v) is 23.1. The molecule has 0 bridgehead atoms. The van der Waals surface area contributed by atoms with Gasteiger partial charge in [-0.15, -0.1) is 5.10 Å². The van der Waals surface area contributed by atoms with E-state index in [0.29, 0.717) is 29.0 Å². The number of aliphatic hydroxyl groups is 1. The van der Waals surface area contributed by atoms with E-state index < -0.39 is 11.5 Å². The Morgan fingerprint density at radius 2 is 1.88 bits per heavy atom. The van der Waals surface area contributed by atoms with Gasteiger partial charge in [0.05, 0.1) is 16.8 Å². The Bertz CT molecular complexity index is 1410. The Balaban J connectivity index is 1.08. The number of imidazole rings is 1. The number of carbonyl (C=O) groups excluding carboxylic acids is 2. The standard InChI is InChI=1S/C29H38N6O5/c1-29(2,38)15-39-23-12-11-22-24(31-16-35(22)25(23)18-5-6-18)27(37)32-19-7-9-20(10-8-19)40-28-21(26(30)36)14-34(33-28)13-17-3-4-17/h11-12,14,16-20,38H,3-10,13,15H2,1-2H3,(H2,30,36)(H,32,37). The molecule has 0 atom stereocenters. The minimum Gasteiger partial charge on any atom is -0.489 e. The van der Waals surface area contributed by atoms with Crippen LogP contribution in [0, 0.1) is 5.92 Å². The molecule has 0 unspecified atom stereocenters. The topological polar surface area (TPSA) is 146 Å². The predicted molar refractivity (Wildman–Crippen MR) is 147 cm³/mol. The Kier molecular flexibility index (Phi) is 6.93. The zero-order chi connectivity index (χ0) is 28.0. The van der Waals surface area contributed by atoms with Gasteiger partial charge < -0.3 is 25.6 Å². The van der Waals surface area contributed by atoms with Crippen LogP contribution in [0.1, 0.15) is 97.7 Å². The van der Waals surface area contributed by atoms with Crippen molar-refractivity contribution in [3.63, 3.8) is 0 Å². The number of primary amides is 1. The van der Waals surface area contributed by atoms with E-state index in [0.717, 1.165) is 62.0 Å². The largest absolute Gasteiger partial charge is 0.489 e. The second-order valence-electron chi connectivity index (χ2n) is 12.2. The van der Waals surface area contributed by atoms with Gasteiger partial charge in [0.25, 0.3) is 11.8 Å². The minimum absolute atomic E-state index is 0.00410. The second kappa shape index (κ2) is 10.4. The fraction of sp³-hybridized carbons (Fsp3) is 0.586. The molecule has 0 radical (unpaired) electrons. The predicted octanol–water partition coefficient (Wildman–Crippen LogP) is 3.19. The van der Waals surface area contributed by atoms with E-state index in [1.807, 2.05) is 16.5 Å². The summed E-state index contributed by atoms with van der Waals surface area (Å²) in [6, 6.07) is 3.74. The van der Waals surface area contributed by atoms with E-state index in [-0.39, 0.29) is 24.7 Å². The Labute approximate surface area is 233 Å². The molecule has 3 aliphatic carbocycles. The summed E-state index contributed by atoms with van der Waals surface area (Å²) in [5, 5.41) is 17.7. The lowest BCUT2D eigenvalue weighted by molar-refractivity contribution is 0.0279. The van der Waals surface area contributed by atoms with Crippen LogP contribution in [0.3, 0.4) is 0 Å². The van der Waals surface area contributed by atoms with Crippen molar-refractivity contribution >= 4 is 17.3 Å². The molecule has 0 aliphatic heterocycles. The van der Waals surface area contributed by atoms with Gasteiger partial charge in [-0.3, -0.25) is 18.7 Å². The van der Waals surface area contributed by atoms with Gasteiger partial charge in [-0.05, 0) is 83.3 Å². The van der Waals surface area contributed by atoms with Crippen LogP contribution in [0.25, 0.3) is 5.52 Å². The lowest BCUT2D eigenvalue weighted by Crippen LogP contribution is -2.40. The molecular weight excluding hydrogens is 512 g/mol. The van der Waals surface area contributed by atoms with Crippen LogP contribution >= 0.6 is 0 Å². The quantitative estimate of drug-likeness (QED) is 0.332. The first-order valence-electron chi connectivity index (χ1n) is 14.3. The van der Waals surface area contributed by atoms with Crippen LogP contribution < -0.4 is 20.5 Å². The van der Waals surface area contributed by atoms with E-state index in [2.05, 4.69) is 15.4 Å². The number of pyridine rings is 1. The number of aromatic nitrogens is 4. The molecule has 6 rings (SSSR count). The van der Waals surface area contributed by atoms with Gasteiger partial charge >= 0.3 is 0 Å². The normalized spacial score (nSPS) is 21.4. The average molecular weight is 551 g/mol. The third kappa shape index (κ3) is 5.94. The van der Waals surface area contributed by atoms with Crippen LogP contribution in [-0.4, -0.2) is 60.4 Å². The Morgan fingerprint density at radius 1 is 1.12 bits per heavy atom. The van der Waals surface area contributed by atoms with Gasteiger partial charge in [0.15, 0.2) is 5.69 Å². The molecular formula is C29H38N6O5. The van der Waals surface area contributed by atoms with Crippen molar-refractivity contribution in [3.05, 3.63) is 41.6 Å². The van der Waals surface area contributed by atoms with Crippen LogP contribution in [-0.2, 0) is 6.54 Å². The molecule has 11 nitrogen and oxygen atoms in total. The van der Waals surface area contributed by atoms with E-state index in [4.69, 9.17) is 15.2 Å². The van der Waals surface area contributed by atoms with E-state index in [1.54, 1.807) is 31.1 Å². The van der Waals surface area contributed by atoms with Crippen molar-refractivity contribution in [1.29, 1.82) is 0 Å². The Morgan fingerprint density at radius 3 is 2.52 bits per heavy atom. The SMILES string of the molecule is CC(C)(O)COc1ccc2c(C(=O)NC3CCC(Oc4nn(CC5CC5)cc4C(N)=O)CC3)ncn2c1C1CC1. The van der Waals surface area contributed by atoms with Crippen molar-refractivity contribution < 1.29 is 24.2 Å². The van der Waals surface area contributed by atoms with Gasteiger partial charge in [-0.25, -0.2) is 4.98 Å². The maximum atomic E-state index is 13.3. The smallest absolute Gasteiger partial charge is 0.272 e. The highest BCUT2D eigenvalue weighted by Gasteiger charge is 2.32. The number of carbonyl (C=O) groups is 2. The highest BCUT2D eigenvalue weighted by atomic mass is 16.5. The lowest BCUT2D eigenvalue weighted by Gasteiger charge is -2.29. The molecule has 3 heterocycles. The first-order chi connectivity index (χ1) is 19.1. The molecule has 0 saturated heterocycles. The third-order valence-corrected chi connectivity index (χ3v) is 7.89. The molecule has 0 spiro atoms. The van der Waals surface area contributed by atoms with Crippen molar-refractivity contribution in [3.8, 4) is 11.6 Å². The summed E-state index contributed by atoms with van der Waals surface area (Å²) in [5.41, 5.74) is 7.08. The number of rotatable bonds is 11. The first-order valence-corrected chi connectivity index (χ1v) is 14.3. The van der Waals surface area contributed by atoms with Gasteiger partial charge in [0.1, 0.15) is 30.4 Å². The summed E-state index contributed by atoms with van der Waals surface area (Å²) < 4.78 is 15.8. The number of fused-ring (bicyclic) bond motifs is 1. The lowest BCUT2D eigenvalue weighted by atomic mass is 9.93. The number of amides is 2.